The van der Waals surface area contributed by atoms with E-state index in [1.165, 1.54) is 5.56 Å². The molecule has 0 aliphatic rings. The highest BCUT2D eigenvalue weighted by molar-refractivity contribution is 5.74. The Hall–Kier alpha value is -1.51. The molecule has 3 heteroatoms. The van der Waals surface area contributed by atoms with Crippen LogP contribution in [-0.4, -0.2) is 5.91 Å². The Bertz CT molecular complexity index is 532. The standard InChI is InChI=1S/C20H33NO2/c1-8-11-18(22)21-23-17-13-12-15(19(4,5)9-2)14-16(17)20(6,7)10-3/h12-14H,8-11H2,1-7H3,(H,21,22). The van der Waals surface area contributed by atoms with Gasteiger partial charge < -0.3 is 4.84 Å². The fraction of sp³-hybridized carbons (Fsp3) is 0.650. The van der Waals surface area contributed by atoms with Crippen molar-refractivity contribution in [2.45, 2.75) is 85.0 Å². The topological polar surface area (TPSA) is 38.3 Å². The second-order valence-corrected chi connectivity index (χ2v) is 7.56. The average Bonchev–Trinajstić information content (AvgIpc) is 2.53. The fourth-order valence-corrected chi connectivity index (χ4v) is 2.35. The van der Waals surface area contributed by atoms with Crippen LogP contribution in [0.4, 0.5) is 0 Å². The molecule has 0 saturated carbocycles. The molecule has 0 saturated heterocycles. The number of hydrogen-bond acceptors (Lipinski definition) is 2. The van der Waals surface area contributed by atoms with Crippen LogP contribution in [0.3, 0.4) is 0 Å². The SMILES string of the molecule is CCCC(=O)NOc1ccc(C(C)(C)CC)cc1C(C)(C)CC. The summed E-state index contributed by atoms with van der Waals surface area (Å²) in [7, 11) is 0. The Balaban J connectivity index is 3.17. The van der Waals surface area contributed by atoms with Crippen LogP contribution in [0.15, 0.2) is 18.2 Å². The Labute approximate surface area is 141 Å². The molecule has 0 radical (unpaired) electrons. The van der Waals surface area contributed by atoms with Gasteiger partial charge in [-0.1, -0.05) is 60.6 Å². The van der Waals surface area contributed by atoms with Gasteiger partial charge in [0.05, 0.1) is 0 Å². The van der Waals surface area contributed by atoms with Crippen molar-refractivity contribution in [1.82, 2.24) is 5.48 Å². The molecule has 0 aliphatic carbocycles. The molecule has 0 bridgehead atoms. The molecule has 0 unspecified atom stereocenters. The number of amides is 1. The minimum absolute atomic E-state index is 0.00928. The Morgan fingerprint density at radius 1 is 1.04 bits per heavy atom. The highest BCUT2D eigenvalue weighted by Crippen LogP contribution is 2.38. The van der Waals surface area contributed by atoms with Gasteiger partial charge in [-0.15, -0.1) is 0 Å². The molecule has 0 aromatic heterocycles. The molecular weight excluding hydrogens is 286 g/mol. The maximum atomic E-state index is 11.7. The zero-order valence-electron chi connectivity index (χ0n) is 15.9. The monoisotopic (exact) mass is 319 g/mol. The third kappa shape index (κ3) is 4.98. The van der Waals surface area contributed by atoms with Gasteiger partial charge in [-0.25, -0.2) is 0 Å². The van der Waals surface area contributed by atoms with Gasteiger partial charge in [0.1, 0.15) is 0 Å². The van der Waals surface area contributed by atoms with Gasteiger partial charge in [0.25, 0.3) is 5.91 Å². The summed E-state index contributed by atoms with van der Waals surface area (Å²) in [4.78, 5) is 17.3. The predicted molar refractivity (Wildman–Crippen MR) is 96.8 cm³/mol. The lowest BCUT2D eigenvalue weighted by Gasteiger charge is -2.30. The summed E-state index contributed by atoms with van der Waals surface area (Å²) in [6, 6.07) is 6.35. The lowest BCUT2D eigenvalue weighted by molar-refractivity contribution is -0.127. The van der Waals surface area contributed by atoms with Crippen molar-refractivity contribution in [3.8, 4) is 5.75 Å². The summed E-state index contributed by atoms with van der Waals surface area (Å²) in [6.07, 6.45) is 3.37. The molecule has 130 valence electrons. The van der Waals surface area contributed by atoms with Crippen LogP contribution in [0, 0.1) is 0 Å². The molecule has 1 N–H and O–H groups in total. The van der Waals surface area contributed by atoms with Crippen LogP contribution in [0.5, 0.6) is 5.75 Å². The molecule has 3 nitrogen and oxygen atoms in total. The van der Waals surface area contributed by atoms with E-state index in [0.717, 1.165) is 30.6 Å². The predicted octanol–water partition coefficient (Wildman–Crippen LogP) is 5.27. The molecule has 1 aromatic carbocycles. The van der Waals surface area contributed by atoms with Gasteiger partial charge in [-0.05, 0) is 41.7 Å². The minimum Gasteiger partial charge on any atom is -0.379 e. The average molecular weight is 319 g/mol. The van der Waals surface area contributed by atoms with Gasteiger partial charge >= 0.3 is 0 Å². The lowest BCUT2D eigenvalue weighted by atomic mass is 9.76. The normalized spacial score (nSPS) is 12.1. The van der Waals surface area contributed by atoms with Crippen LogP contribution < -0.4 is 10.3 Å². The van der Waals surface area contributed by atoms with E-state index in [1.807, 2.05) is 13.0 Å². The molecule has 0 fully saturated rings. The molecule has 1 rings (SSSR count). The van der Waals surface area contributed by atoms with Crippen molar-refractivity contribution >= 4 is 5.91 Å². The van der Waals surface area contributed by atoms with Gasteiger partial charge in [0.2, 0.25) is 0 Å². The zero-order valence-corrected chi connectivity index (χ0v) is 15.9. The van der Waals surface area contributed by atoms with Crippen LogP contribution in [0.1, 0.15) is 85.3 Å². The summed E-state index contributed by atoms with van der Waals surface area (Å²) in [5.41, 5.74) is 5.15. The highest BCUT2D eigenvalue weighted by Gasteiger charge is 2.27. The summed E-state index contributed by atoms with van der Waals surface area (Å²) in [5.74, 6) is 0.669. The third-order valence-electron chi connectivity index (χ3n) is 5.01. The number of carbonyl (C=O) groups excluding carboxylic acids is 1. The first-order valence-corrected chi connectivity index (χ1v) is 8.78. The molecular formula is C20H33NO2. The molecule has 1 aromatic rings. The minimum atomic E-state index is -0.0780. The van der Waals surface area contributed by atoms with Crippen LogP contribution in [0.2, 0.25) is 0 Å². The van der Waals surface area contributed by atoms with Crippen molar-refractivity contribution in [2.75, 3.05) is 0 Å². The second-order valence-electron chi connectivity index (χ2n) is 7.56. The van der Waals surface area contributed by atoms with E-state index < -0.39 is 0 Å². The first kappa shape index (κ1) is 19.5. The third-order valence-corrected chi connectivity index (χ3v) is 5.01. The number of benzene rings is 1. The molecule has 0 spiro atoms. The Morgan fingerprint density at radius 3 is 2.17 bits per heavy atom. The maximum absolute atomic E-state index is 11.7. The molecule has 1 amide bonds. The lowest BCUT2D eigenvalue weighted by Crippen LogP contribution is -2.29. The first-order valence-electron chi connectivity index (χ1n) is 8.78. The second kappa shape index (κ2) is 7.85. The van der Waals surface area contributed by atoms with Crippen molar-refractivity contribution in [3.63, 3.8) is 0 Å². The van der Waals surface area contributed by atoms with Crippen molar-refractivity contribution in [1.29, 1.82) is 0 Å². The zero-order chi connectivity index (χ0) is 17.7. The number of nitrogens with one attached hydrogen (secondary N) is 1. The Morgan fingerprint density at radius 2 is 1.65 bits per heavy atom. The number of carbonyl (C=O) groups is 1. The quantitative estimate of drug-likeness (QED) is 0.663. The molecule has 0 atom stereocenters. The summed E-state index contributed by atoms with van der Waals surface area (Å²) < 4.78 is 0. The highest BCUT2D eigenvalue weighted by atomic mass is 16.7. The van der Waals surface area contributed by atoms with Gasteiger partial charge in [-0.2, -0.15) is 5.48 Å². The van der Waals surface area contributed by atoms with Crippen LogP contribution >= 0.6 is 0 Å². The molecule has 0 heterocycles. The van der Waals surface area contributed by atoms with E-state index in [4.69, 9.17) is 4.84 Å². The van der Waals surface area contributed by atoms with E-state index in [9.17, 15) is 4.79 Å². The Kier molecular flexibility index (Phi) is 6.67. The number of rotatable bonds is 8. The molecule has 23 heavy (non-hydrogen) atoms. The van der Waals surface area contributed by atoms with Gasteiger partial charge in [0.15, 0.2) is 5.75 Å². The van der Waals surface area contributed by atoms with Crippen molar-refractivity contribution < 1.29 is 9.63 Å². The first-order chi connectivity index (χ1) is 10.7. The summed E-state index contributed by atoms with van der Waals surface area (Å²) >= 11 is 0. The maximum Gasteiger partial charge on any atom is 0.252 e. The van der Waals surface area contributed by atoms with E-state index in [0.29, 0.717) is 6.42 Å². The number of hydroxylamine groups is 1. The number of hydrogen-bond donors (Lipinski definition) is 1. The summed E-state index contributed by atoms with van der Waals surface area (Å²) in [5, 5.41) is 0. The summed E-state index contributed by atoms with van der Waals surface area (Å²) in [6.45, 7) is 15.3. The molecule has 0 aliphatic heterocycles. The van der Waals surface area contributed by atoms with Gasteiger partial charge in [-0.3, -0.25) is 4.79 Å². The van der Waals surface area contributed by atoms with Crippen LogP contribution in [0.25, 0.3) is 0 Å². The van der Waals surface area contributed by atoms with Crippen LogP contribution in [-0.2, 0) is 15.6 Å². The van der Waals surface area contributed by atoms with Gasteiger partial charge in [0, 0.05) is 12.0 Å². The van der Waals surface area contributed by atoms with Crippen molar-refractivity contribution in [2.24, 2.45) is 0 Å². The van der Waals surface area contributed by atoms with E-state index in [1.54, 1.807) is 0 Å². The van der Waals surface area contributed by atoms with E-state index in [-0.39, 0.29) is 16.7 Å². The largest absolute Gasteiger partial charge is 0.379 e. The fourth-order valence-electron chi connectivity index (χ4n) is 2.35. The van der Waals surface area contributed by atoms with E-state index >= 15 is 0 Å². The smallest absolute Gasteiger partial charge is 0.252 e. The van der Waals surface area contributed by atoms with E-state index in [2.05, 4.69) is 59.2 Å². The van der Waals surface area contributed by atoms with Crippen molar-refractivity contribution in [3.05, 3.63) is 29.3 Å².